The number of carbonyl (C=O) groups is 3. The Bertz CT molecular complexity index is 1370. The van der Waals surface area contributed by atoms with Gasteiger partial charge in [0.2, 0.25) is 0 Å². The molecular formula is C57H90O6. The summed E-state index contributed by atoms with van der Waals surface area (Å²) in [6.45, 7) is 6.28. The van der Waals surface area contributed by atoms with Crippen molar-refractivity contribution in [1.82, 2.24) is 0 Å². The average molecular weight is 871 g/mol. The van der Waals surface area contributed by atoms with Crippen LogP contribution in [-0.4, -0.2) is 37.2 Å². The molecule has 0 rings (SSSR count). The van der Waals surface area contributed by atoms with E-state index in [1.54, 1.807) is 0 Å². The van der Waals surface area contributed by atoms with Gasteiger partial charge in [0.05, 0.1) is 0 Å². The largest absolute Gasteiger partial charge is 0.462 e. The van der Waals surface area contributed by atoms with Gasteiger partial charge in [-0.25, -0.2) is 0 Å². The number of unbranched alkanes of at least 4 members (excludes halogenated alkanes) is 16. The standard InChI is InChI=1S/C57H90O6/c1-4-7-10-13-16-19-22-25-28-30-32-35-38-41-44-47-50-56(59)62-53-54(52-61-55(58)49-46-43-40-37-34-31-27-24-21-18-15-12-9-6-3)63-57(60)51-48-45-42-39-36-33-29-26-23-20-17-14-11-8-5-2/h7-8,10-11,14,16-17,19-20,23,25-26,28-29,31-36,54H,4-6,9,12-13,15,18,21-22,24,27,30,37-53H2,1-3H3/b10-7-,11-8-,17-14-,19-16-,23-20-,28-25-,29-26-,34-31-,35-32-,36-33-. The van der Waals surface area contributed by atoms with Crippen molar-refractivity contribution in [1.29, 1.82) is 0 Å². The molecule has 0 saturated heterocycles. The van der Waals surface area contributed by atoms with Crippen LogP contribution in [0.3, 0.4) is 0 Å². The predicted octanol–water partition coefficient (Wildman–Crippen LogP) is 16.5. The van der Waals surface area contributed by atoms with E-state index in [1.807, 2.05) is 48.6 Å². The molecule has 6 nitrogen and oxygen atoms in total. The molecule has 0 N–H and O–H groups in total. The Kier molecular flexibility index (Phi) is 47.1. The monoisotopic (exact) mass is 871 g/mol. The second kappa shape index (κ2) is 50.5. The van der Waals surface area contributed by atoms with Crippen molar-refractivity contribution < 1.29 is 28.6 Å². The van der Waals surface area contributed by atoms with Crippen LogP contribution in [0.15, 0.2) is 122 Å². The number of esters is 3. The first-order chi connectivity index (χ1) is 31.0. The highest BCUT2D eigenvalue weighted by atomic mass is 16.6. The number of allylic oxidation sites excluding steroid dienone is 20. The molecule has 0 aliphatic carbocycles. The normalized spacial score (nSPS) is 13.1. The second-order valence-corrected chi connectivity index (χ2v) is 16.1. The summed E-state index contributed by atoms with van der Waals surface area (Å²) < 4.78 is 16.7. The first-order valence-electron chi connectivity index (χ1n) is 25.1. The van der Waals surface area contributed by atoms with E-state index in [-0.39, 0.29) is 37.5 Å². The molecule has 63 heavy (non-hydrogen) atoms. The number of rotatable bonds is 43. The Morgan fingerprint density at radius 2 is 0.698 bits per heavy atom. The first kappa shape index (κ1) is 58.8. The zero-order chi connectivity index (χ0) is 45.8. The van der Waals surface area contributed by atoms with Gasteiger partial charge in [-0.15, -0.1) is 0 Å². The zero-order valence-corrected chi connectivity index (χ0v) is 40.3. The van der Waals surface area contributed by atoms with Gasteiger partial charge >= 0.3 is 17.9 Å². The van der Waals surface area contributed by atoms with Crippen LogP contribution >= 0.6 is 0 Å². The topological polar surface area (TPSA) is 78.9 Å². The van der Waals surface area contributed by atoms with Crippen LogP contribution in [0.1, 0.15) is 201 Å². The number of ether oxygens (including phenoxy) is 3. The summed E-state index contributed by atoms with van der Waals surface area (Å²) in [5, 5.41) is 0. The molecule has 0 radical (unpaired) electrons. The van der Waals surface area contributed by atoms with Gasteiger partial charge < -0.3 is 14.2 Å². The van der Waals surface area contributed by atoms with E-state index in [9.17, 15) is 14.4 Å². The van der Waals surface area contributed by atoms with Crippen molar-refractivity contribution in [2.45, 2.75) is 207 Å². The number of hydrogen-bond acceptors (Lipinski definition) is 6. The van der Waals surface area contributed by atoms with Gasteiger partial charge in [-0.05, 0) is 103 Å². The van der Waals surface area contributed by atoms with Crippen molar-refractivity contribution in [3.63, 3.8) is 0 Å². The van der Waals surface area contributed by atoms with Gasteiger partial charge in [0.25, 0.3) is 0 Å². The summed E-state index contributed by atoms with van der Waals surface area (Å²) in [5.74, 6) is -1.02. The van der Waals surface area contributed by atoms with E-state index in [4.69, 9.17) is 14.2 Å². The third kappa shape index (κ3) is 48.7. The van der Waals surface area contributed by atoms with Crippen molar-refractivity contribution in [2.24, 2.45) is 0 Å². The van der Waals surface area contributed by atoms with Gasteiger partial charge in [0.15, 0.2) is 6.10 Å². The average Bonchev–Trinajstić information content (AvgIpc) is 3.28. The molecule has 0 heterocycles. The fraction of sp³-hybridized carbons (Fsp3) is 0.596. The molecule has 6 heteroatoms. The Morgan fingerprint density at radius 3 is 1.17 bits per heavy atom. The summed E-state index contributed by atoms with van der Waals surface area (Å²) in [7, 11) is 0. The molecule has 0 aliphatic rings. The molecule has 354 valence electrons. The highest BCUT2D eigenvalue weighted by Gasteiger charge is 2.19. The van der Waals surface area contributed by atoms with E-state index >= 15 is 0 Å². The molecule has 0 spiro atoms. The molecule has 0 aromatic carbocycles. The second-order valence-electron chi connectivity index (χ2n) is 16.1. The summed E-state index contributed by atoms with van der Waals surface area (Å²) in [6.07, 6.45) is 68.9. The summed E-state index contributed by atoms with van der Waals surface area (Å²) in [4.78, 5) is 37.9. The molecule has 0 saturated carbocycles. The summed E-state index contributed by atoms with van der Waals surface area (Å²) in [6, 6.07) is 0. The van der Waals surface area contributed by atoms with Crippen molar-refractivity contribution >= 4 is 17.9 Å². The zero-order valence-electron chi connectivity index (χ0n) is 40.3. The summed E-state index contributed by atoms with van der Waals surface area (Å²) in [5.41, 5.74) is 0. The minimum Gasteiger partial charge on any atom is -0.462 e. The van der Waals surface area contributed by atoms with Crippen LogP contribution in [0.25, 0.3) is 0 Å². The van der Waals surface area contributed by atoms with Crippen LogP contribution in [-0.2, 0) is 28.6 Å². The molecular weight excluding hydrogens is 781 g/mol. The Morgan fingerprint density at radius 1 is 0.349 bits per heavy atom. The third-order valence-electron chi connectivity index (χ3n) is 10.1. The van der Waals surface area contributed by atoms with Crippen molar-refractivity contribution in [2.75, 3.05) is 13.2 Å². The van der Waals surface area contributed by atoms with Gasteiger partial charge in [-0.3, -0.25) is 14.4 Å². The lowest BCUT2D eigenvalue weighted by Crippen LogP contribution is -2.30. The Labute approximate surface area is 386 Å². The van der Waals surface area contributed by atoms with Crippen LogP contribution in [0, 0.1) is 0 Å². The first-order valence-corrected chi connectivity index (χ1v) is 25.1. The lowest BCUT2D eigenvalue weighted by atomic mass is 10.1. The summed E-state index contributed by atoms with van der Waals surface area (Å²) >= 11 is 0. The van der Waals surface area contributed by atoms with E-state index in [2.05, 4.69) is 93.7 Å². The molecule has 0 aliphatic heterocycles. The Balaban J connectivity index is 4.57. The maximum absolute atomic E-state index is 12.8. The minimum absolute atomic E-state index is 0.117. The third-order valence-corrected chi connectivity index (χ3v) is 10.1. The minimum atomic E-state index is -0.822. The molecule has 0 bridgehead atoms. The molecule has 0 aromatic heterocycles. The highest BCUT2D eigenvalue weighted by Crippen LogP contribution is 2.12. The quantitative estimate of drug-likeness (QED) is 0.0200. The lowest BCUT2D eigenvalue weighted by molar-refractivity contribution is -0.167. The van der Waals surface area contributed by atoms with Crippen LogP contribution < -0.4 is 0 Å². The van der Waals surface area contributed by atoms with E-state index in [0.717, 1.165) is 109 Å². The van der Waals surface area contributed by atoms with Crippen molar-refractivity contribution in [3.05, 3.63) is 122 Å². The molecule has 0 fully saturated rings. The SMILES string of the molecule is CC\C=C/C=C\C=C/C=C\C=C/CCCCCC(=O)OC(COC(=O)CCCCC/C=C\C/C=C\C/C=C\C/C=C\CC)COC(=O)CCCCC/C=C\CCCCCCCCC. The lowest BCUT2D eigenvalue weighted by Gasteiger charge is -2.18. The maximum atomic E-state index is 12.8. The van der Waals surface area contributed by atoms with Gasteiger partial charge in [0, 0.05) is 19.3 Å². The molecule has 0 amide bonds. The van der Waals surface area contributed by atoms with E-state index < -0.39 is 6.10 Å². The molecule has 0 aromatic rings. The van der Waals surface area contributed by atoms with Crippen molar-refractivity contribution in [3.8, 4) is 0 Å². The van der Waals surface area contributed by atoms with Crippen LogP contribution in [0.5, 0.6) is 0 Å². The predicted molar refractivity (Wildman–Crippen MR) is 269 cm³/mol. The highest BCUT2D eigenvalue weighted by molar-refractivity contribution is 5.71. The van der Waals surface area contributed by atoms with E-state index in [0.29, 0.717) is 19.3 Å². The van der Waals surface area contributed by atoms with Crippen LogP contribution in [0.2, 0.25) is 0 Å². The maximum Gasteiger partial charge on any atom is 0.306 e. The van der Waals surface area contributed by atoms with E-state index in [1.165, 1.54) is 44.9 Å². The molecule has 1 atom stereocenters. The number of carbonyl (C=O) groups excluding carboxylic acids is 3. The smallest absolute Gasteiger partial charge is 0.306 e. The fourth-order valence-corrected chi connectivity index (χ4v) is 6.33. The van der Waals surface area contributed by atoms with Gasteiger partial charge in [-0.2, -0.15) is 0 Å². The number of hydrogen-bond donors (Lipinski definition) is 0. The molecule has 1 unspecified atom stereocenters. The fourth-order valence-electron chi connectivity index (χ4n) is 6.33. The van der Waals surface area contributed by atoms with Gasteiger partial charge in [-0.1, -0.05) is 200 Å². The van der Waals surface area contributed by atoms with Crippen LogP contribution in [0.4, 0.5) is 0 Å². The Hall–Kier alpha value is -4.19. The van der Waals surface area contributed by atoms with Gasteiger partial charge in [0.1, 0.15) is 13.2 Å².